The summed E-state index contributed by atoms with van der Waals surface area (Å²) in [6.07, 6.45) is -9.45. The van der Waals surface area contributed by atoms with Gasteiger partial charge >= 0.3 is 24.5 Å². The van der Waals surface area contributed by atoms with Crippen molar-refractivity contribution < 1.29 is 50.5 Å². The van der Waals surface area contributed by atoms with Crippen molar-refractivity contribution >= 4 is 17.8 Å². The molecule has 1 aliphatic heterocycles. The third kappa shape index (κ3) is 6.03. The zero-order chi connectivity index (χ0) is 28.7. The third-order valence-electron chi connectivity index (χ3n) is 6.13. The van der Waals surface area contributed by atoms with Gasteiger partial charge in [-0.15, -0.1) is 0 Å². The molecule has 17 heteroatoms. The minimum absolute atomic E-state index is 0.0122. The van der Waals surface area contributed by atoms with E-state index >= 15 is 0 Å². The standard InChI is InChI=1S/C21H26F6N6O5/c1-18(2,20(22,23)24)38-9-13(30-17(35)36)12-8-33-14(29-12)5-11(7-28-33)6-15(37-4)32-10-19(3,21(25,26)27)31-16(32)34/h5,7-8,13,15,30H,6,9-10H2,1-4H3,(H,31,34)(H,35,36)/t13?,15?,19-/m0/s1. The summed E-state index contributed by atoms with van der Waals surface area (Å²) in [6.45, 7) is 1.08. The molecule has 212 valence electrons. The van der Waals surface area contributed by atoms with Gasteiger partial charge in [-0.3, -0.25) is 4.90 Å². The van der Waals surface area contributed by atoms with Crippen LogP contribution >= 0.6 is 0 Å². The van der Waals surface area contributed by atoms with E-state index in [0.717, 1.165) is 25.7 Å². The lowest BCUT2D eigenvalue weighted by atomic mass is 10.0. The zero-order valence-corrected chi connectivity index (χ0v) is 20.6. The number of carbonyl (C=O) groups excluding carboxylic acids is 1. The number of carboxylic acid groups (broad SMARTS) is 1. The minimum atomic E-state index is -4.71. The van der Waals surface area contributed by atoms with E-state index in [1.54, 1.807) is 0 Å². The van der Waals surface area contributed by atoms with Crippen molar-refractivity contribution in [1.82, 2.24) is 30.1 Å². The van der Waals surface area contributed by atoms with Gasteiger partial charge in [0.1, 0.15) is 6.23 Å². The molecule has 1 saturated heterocycles. The number of urea groups is 1. The number of aromatic nitrogens is 3. The highest BCUT2D eigenvalue weighted by molar-refractivity contribution is 5.78. The highest BCUT2D eigenvalue weighted by Crippen LogP contribution is 2.35. The van der Waals surface area contributed by atoms with Gasteiger partial charge < -0.3 is 25.2 Å². The van der Waals surface area contributed by atoms with Gasteiger partial charge in [-0.05, 0) is 32.4 Å². The van der Waals surface area contributed by atoms with Crippen LogP contribution in [-0.4, -0.2) is 86.7 Å². The maximum absolute atomic E-state index is 13.4. The predicted octanol–water partition coefficient (Wildman–Crippen LogP) is 3.26. The molecule has 3 amide bonds. The molecular formula is C21H26F6N6O5. The smallest absolute Gasteiger partial charge is 0.416 e. The number of ether oxygens (including phenoxy) is 2. The summed E-state index contributed by atoms with van der Waals surface area (Å²) in [5.41, 5.74) is -4.44. The lowest BCUT2D eigenvalue weighted by molar-refractivity contribution is -0.265. The van der Waals surface area contributed by atoms with Crippen molar-refractivity contribution in [3.63, 3.8) is 0 Å². The summed E-state index contributed by atoms with van der Waals surface area (Å²) in [5.74, 6) is 0. The van der Waals surface area contributed by atoms with Crippen LogP contribution in [0.4, 0.5) is 35.9 Å². The third-order valence-corrected chi connectivity index (χ3v) is 6.13. The van der Waals surface area contributed by atoms with Crippen LogP contribution in [0.2, 0.25) is 0 Å². The Labute approximate surface area is 212 Å². The molecule has 2 unspecified atom stereocenters. The summed E-state index contributed by atoms with van der Waals surface area (Å²) in [6, 6.07) is -0.768. The molecule has 38 heavy (non-hydrogen) atoms. The van der Waals surface area contributed by atoms with Gasteiger partial charge in [0.15, 0.2) is 16.8 Å². The highest BCUT2D eigenvalue weighted by Gasteiger charge is 2.58. The fraction of sp³-hybridized carbons (Fsp3) is 0.619. The molecule has 0 spiro atoms. The van der Waals surface area contributed by atoms with Crippen LogP contribution < -0.4 is 10.6 Å². The average molecular weight is 556 g/mol. The number of methoxy groups -OCH3 is 1. The topological polar surface area (TPSA) is 130 Å². The number of nitrogens with one attached hydrogen (secondary N) is 2. The number of fused-ring (bicyclic) bond motifs is 1. The summed E-state index contributed by atoms with van der Waals surface area (Å²) in [4.78, 5) is 28.6. The monoisotopic (exact) mass is 556 g/mol. The molecule has 0 radical (unpaired) electrons. The maximum Gasteiger partial charge on any atom is 0.416 e. The molecular weight excluding hydrogens is 530 g/mol. The Hall–Kier alpha value is -3.34. The second-order valence-corrected chi connectivity index (χ2v) is 9.44. The zero-order valence-electron chi connectivity index (χ0n) is 20.6. The van der Waals surface area contributed by atoms with Gasteiger partial charge in [0.05, 0.1) is 37.3 Å². The Bertz CT molecular complexity index is 1190. The van der Waals surface area contributed by atoms with Crippen molar-refractivity contribution in [1.29, 1.82) is 0 Å². The van der Waals surface area contributed by atoms with Crippen LogP contribution in [0.1, 0.15) is 38.1 Å². The predicted molar refractivity (Wildman–Crippen MR) is 117 cm³/mol. The Kier molecular flexibility index (Phi) is 7.76. The van der Waals surface area contributed by atoms with Crippen molar-refractivity contribution in [2.24, 2.45) is 0 Å². The van der Waals surface area contributed by atoms with Crippen LogP contribution in [0.25, 0.3) is 5.65 Å². The number of alkyl halides is 6. The molecule has 2 aromatic heterocycles. The normalized spacial score (nSPS) is 20.5. The molecule has 3 N–H and O–H groups in total. The second-order valence-electron chi connectivity index (χ2n) is 9.44. The molecule has 0 aromatic carbocycles. The first kappa shape index (κ1) is 29.2. The van der Waals surface area contributed by atoms with E-state index in [0.29, 0.717) is 5.56 Å². The van der Waals surface area contributed by atoms with E-state index < -0.39 is 61.0 Å². The van der Waals surface area contributed by atoms with Crippen LogP contribution in [0, 0.1) is 0 Å². The number of imidazole rings is 1. The van der Waals surface area contributed by atoms with Crippen molar-refractivity contribution in [3.8, 4) is 0 Å². The molecule has 3 heterocycles. The SMILES string of the molecule is COC(Cc1cnn2cc(C(COC(C)(C)C(F)(F)F)NC(=O)O)nc2c1)N1C[C@@](C)(C(F)(F)F)NC1=O. The largest absolute Gasteiger partial charge is 0.465 e. The average Bonchev–Trinajstić information content (AvgIpc) is 3.34. The first-order valence-electron chi connectivity index (χ1n) is 11.1. The van der Waals surface area contributed by atoms with E-state index in [1.165, 1.54) is 30.1 Å². The lowest BCUT2D eigenvalue weighted by Gasteiger charge is -2.29. The Balaban J connectivity index is 1.81. The molecule has 0 saturated carbocycles. The molecule has 1 fully saturated rings. The first-order valence-corrected chi connectivity index (χ1v) is 11.1. The number of halogens is 6. The Morgan fingerprint density at radius 2 is 1.95 bits per heavy atom. The number of carbonyl (C=O) groups is 2. The van der Waals surface area contributed by atoms with Crippen LogP contribution in [0.5, 0.6) is 0 Å². The van der Waals surface area contributed by atoms with Crippen LogP contribution in [0.15, 0.2) is 18.5 Å². The van der Waals surface area contributed by atoms with E-state index in [9.17, 15) is 35.9 Å². The fourth-order valence-electron chi connectivity index (χ4n) is 3.61. The van der Waals surface area contributed by atoms with Crippen molar-refractivity contribution in [2.45, 2.75) is 63.0 Å². The molecule has 2 aromatic rings. The van der Waals surface area contributed by atoms with Crippen molar-refractivity contribution in [2.75, 3.05) is 20.3 Å². The number of amides is 3. The molecule has 3 rings (SSSR count). The summed E-state index contributed by atoms with van der Waals surface area (Å²) >= 11 is 0. The second kappa shape index (κ2) is 10.1. The number of rotatable bonds is 9. The van der Waals surface area contributed by atoms with E-state index in [-0.39, 0.29) is 17.8 Å². The van der Waals surface area contributed by atoms with Crippen molar-refractivity contribution in [3.05, 3.63) is 29.7 Å². The number of hydrogen-bond donors (Lipinski definition) is 3. The maximum atomic E-state index is 13.4. The molecule has 0 aliphatic carbocycles. The molecule has 0 bridgehead atoms. The Morgan fingerprint density at radius 1 is 1.29 bits per heavy atom. The fourth-order valence-corrected chi connectivity index (χ4v) is 3.61. The van der Waals surface area contributed by atoms with E-state index in [1.807, 2.05) is 5.32 Å². The van der Waals surface area contributed by atoms with E-state index in [4.69, 9.17) is 14.6 Å². The van der Waals surface area contributed by atoms with Gasteiger partial charge in [0.2, 0.25) is 0 Å². The minimum Gasteiger partial charge on any atom is -0.465 e. The summed E-state index contributed by atoms with van der Waals surface area (Å²) in [7, 11) is 1.23. The highest BCUT2D eigenvalue weighted by atomic mass is 19.4. The number of nitrogens with zero attached hydrogens (tertiary/aromatic N) is 4. The number of hydrogen-bond acceptors (Lipinski definition) is 6. The molecule has 3 atom stereocenters. The first-order chi connectivity index (χ1) is 17.4. The van der Waals surface area contributed by atoms with Gasteiger partial charge in [-0.2, -0.15) is 31.4 Å². The summed E-state index contributed by atoms with van der Waals surface area (Å²) in [5, 5.41) is 17.2. The van der Waals surface area contributed by atoms with E-state index in [2.05, 4.69) is 15.4 Å². The van der Waals surface area contributed by atoms with Gasteiger partial charge in [-0.25, -0.2) is 19.1 Å². The Morgan fingerprint density at radius 3 is 2.47 bits per heavy atom. The van der Waals surface area contributed by atoms with Gasteiger partial charge in [0, 0.05) is 13.5 Å². The van der Waals surface area contributed by atoms with Crippen LogP contribution in [0.3, 0.4) is 0 Å². The molecule has 11 nitrogen and oxygen atoms in total. The summed E-state index contributed by atoms with van der Waals surface area (Å²) < 4.78 is 91.0. The van der Waals surface area contributed by atoms with Gasteiger partial charge in [0.25, 0.3) is 0 Å². The van der Waals surface area contributed by atoms with Gasteiger partial charge in [-0.1, -0.05) is 0 Å². The van der Waals surface area contributed by atoms with Crippen LogP contribution in [-0.2, 0) is 15.9 Å². The lowest BCUT2D eigenvalue weighted by Crippen LogP contribution is -2.53. The molecule has 1 aliphatic rings. The quantitative estimate of drug-likeness (QED) is 0.405.